The number of halogens is 1. The van der Waals surface area contributed by atoms with Crippen LogP contribution in [-0.2, 0) is 25.2 Å². The Morgan fingerprint density at radius 1 is 1.06 bits per heavy atom. The van der Waals surface area contributed by atoms with Crippen LogP contribution in [0.25, 0.3) is 11.4 Å². The van der Waals surface area contributed by atoms with E-state index in [1.54, 1.807) is 18.0 Å². The second-order valence-corrected chi connectivity index (χ2v) is 9.62. The van der Waals surface area contributed by atoms with Crippen molar-refractivity contribution in [2.75, 3.05) is 0 Å². The Morgan fingerprint density at radius 2 is 1.85 bits per heavy atom. The molecule has 3 heterocycles. The smallest absolute Gasteiger partial charge is 0.227 e. The highest BCUT2D eigenvalue weighted by atomic mass is 35.5. The fourth-order valence-electron chi connectivity index (χ4n) is 3.99. The molecule has 4 aromatic rings. The third kappa shape index (κ3) is 4.53. The zero-order valence-corrected chi connectivity index (χ0v) is 20.6. The van der Waals surface area contributed by atoms with Crippen molar-refractivity contribution < 1.29 is 9.84 Å². The van der Waals surface area contributed by atoms with Crippen molar-refractivity contribution in [1.82, 2.24) is 15.0 Å². The molecule has 34 heavy (non-hydrogen) atoms. The second kappa shape index (κ2) is 9.74. The Morgan fingerprint density at radius 3 is 2.59 bits per heavy atom. The zero-order chi connectivity index (χ0) is 23.7. The van der Waals surface area contributed by atoms with Crippen LogP contribution in [-0.4, -0.2) is 20.1 Å². The van der Waals surface area contributed by atoms with Crippen LogP contribution in [0.1, 0.15) is 40.4 Å². The van der Waals surface area contributed by atoms with Crippen LogP contribution in [0.3, 0.4) is 0 Å². The third-order valence-corrected chi connectivity index (χ3v) is 7.27. The molecular formula is C27H24ClN3O2S. The van der Waals surface area contributed by atoms with Crippen molar-refractivity contribution in [1.29, 1.82) is 0 Å². The maximum atomic E-state index is 9.87. The van der Waals surface area contributed by atoms with Crippen LogP contribution in [0.5, 0.6) is 11.6 Å². The summed E-state index contributed by atoms with van der Waals surface area (Å²) in [7, 11) is 0. The molecule has 0 bridgehead atoms. The molecule has 1 aliphatic rings. The molecule has 7 heteroatoms. The minimum atomic E-state index is -0.0952. The first-order chi connectivity index (χ1) is 16.6. The first kappa shape index (κ1) is 22.8. The lowest BCUT2D eigenvalue weighted by Crippen LogP contribution is -2.13. The number of pyridine rings is 1. The molecule has 0 aliphatic carbocycles. The molecule has 5 rings (SSSR count). The number of aryl methyl sites for hydroxylation is 2. The van der Waals surface area contributed by atoms with Gasteiger partial charge in [-0.2, -0.15) is 4.98 Å². The van der Waals surface area contributed by atoms with E-state index >= 15 is 0 Å². The molecule has 0 spiro atoms. The molecular weight excluding hydrogens is 466 g/mol. The van der Waals surface area contributed by atoms with Gasteiger partial charge in [-0.25, -0.2) is 4.98 Å². The molecule has 2 aromatic carbocycles. The van der Waals surface area contributed by atoms with E-state index in [1.165, 1.54) is 11.1 Å². The average molecular weight is 490 g/mol. The van der Waals surface area contributed by atoms with E-state index in [0.29, 0.717) is 28.9 Å². The number of aliphatic hydroxyl groups is 1. The number of aromatic nitrogens is 3. The standard InChI is InChI=1S/C27H24ClN3O2S/c1-3-17-7-9-18(10-8-17)15-34-27-23-12-22-20(14-32)13-29-16(2)24(22)33-26(23)30-25(31-27)19-5-4-6-21(28)11-19/h4-11,13,32H,3,12,14-15H2,1-2H3. The van der Waals surface area contributed by atoms with Crippen LogP contribution >= 0.6 is 23.4 Å². The molecule has 0 amide bonds. The van der Waals surface area contributed by atoms with Crippen LogP contribution in [0.2, 0.25) is 5.02 Å². The van der Waals surface area contributed by atoms with Gasteiger partial charge in [-0.15, -0.1) is 11.8 Å². The summed E-state index contributed by atoms with van der Waals surface area (Å²) in [5.74, 6) is 2.54. The van der Waals surface area contributed by atoms with Gasteiger partial charge < -0.3 is 9.84 Å². The highest BCUT2D eigenvalue weighted by molar-refractivity contribution is 7.98. The summed E-state index contributed by atoms with van der Waals surface area (Å²) in [5, 5.41) is 11.4. The molecule has 0 saturated carbocycles. The predicted octanol–water partition coefficient (Wildman–Crippen LogP) is 6.54. The summed E-state index contributed by atoms with van der Waals surface area (Å²) in [4.78, 5) is 14.1. The van der Waals surface area contributed by atoms with Gasteiger partial charge in [-0.1, -0.05) is 54.9 Å². The lowest BCUT2D eigenvalue weighted by Gasteiger charge is -2.24. The fraction of sp³-hybridized carbons (Fsp3) is 0.222. The molecule has 2 aromatic heterocycles. The highest BCUT2D eigenvalue weighted by Gasteiger charge is 2.27. The van der Waals surface area contributed by atoms with Gasteiger partial charge in [0.2, 0.25) is 5.88 Å². The first-order valence-corrected chi connectivity index (χ1v) is 12.6. The van der Waals surface area contributed by atoms with Gasteiger partial charge in [0, 0.05) is 40.1 Å². The molecule has 0 unspecified atom stereocenters. The van der Waals surface area contributed by atoms with Crippen LogP contribution in [0, 0.1) is 6.92 Å². The molecule has 172 valence electrons. The van der Waals surface area contributed by atoms with E-state index in [9.17, 15) is 5.11 Å². The number of rotatable bonds is 6. The SMILES string of the molecule is CCc1ccc(CSc2nc(-c3cccc(Cl)c3)nc3c2Cc2c(CO)cnc(C)c2O3)cc1. The third-order valence-electron chi connectivity index (χ3n) is 5.95. The Labute approximate surface area is 208 Å². The minimum absolute atomic E-state index is 0.0952. The lowest BCUT2D eigenvalue weighted by atomic mass is 9.99. The summed E-state index contributed by atoms with van der Waals surface area (Å²) in [6.45, 7) is 3.96. The Kier molecular flexibility index (Phi) is 6.55. The van der Waals surface area contributed by atoms with Crippen molar-refractivity contribution in [3.63, 3.8) is 0 Å². The van der Waals surface area contributed by atoms with Crippen molar-refractivity contribution in [3.8, 4) is 23.0 Å². The van der Waals surface area contributed by atoms with Gasteiger partial charge in [0.25, 0.3) is 0 Å². The molecule has 1 aliphatic heterocycles. The number of benzene rings is 2. The number of hydrogen-bond acceptors (Lipinski definition) is 6. The van der Waals surface area contributed by atoms with Gasteiger partial charge in [0.15, 0.2) is 11.6 Å². The van der Waals surface area contributed by atoms with E-state index in [4.69, 9.17) is 26.3 Å². The number of hydrogen-bond donors (Lipinski definition) is 1. The van der Waals surface area contributed by atoms with Crippen LogP contribution < -0.4 is 4.74 Å². The van der Waals surface area contributed by atoms with Crippen LogP contribution in [0.4, 0.5) is 0 Å². The molecule has 1 N–H and O–H groups in total. The van der Waals surface area contributed by atoms with Gasteiger partial charge in [0.05, 0.1) is 17.9 Å². The van der Waals surface area contributed by atoms with Gasteiger partial charge >= 0.3 is 0 Å². The van der Waals surface area contributed by atoms with E-state index in [-0.39, 0.29) is 6.61 Å². The number of fused-ring (bicyclic) bond motifs is 2. The van der Waals surface area contributed by atoms with Gasteiger partial charge in [0.1, 0.15) is 5.03 Å². The maximum absolute atomic E-state index is 9.87. The average Bonchev–Trinajstić information content (AvgIpc) is 2.87. The lowest BCUT2D eigenvalue weighted by molar-refractivity contribution is 0.278. The number of nitrogens with zero attached hydrogens (tertiary/aromatic N) is 3. The summed E-state index contributed by atoms with van der Waals surface area (Å²) >= 11 is 7.91. The van der Waals surface area contributed by atoms with E-state index in [1.807, 2.05) is 31.2 Å². The molecule has 5 nitrogen and oxygen atoms in total. The van der Waals surface area contributed by atoms with Crippen molar-refractivity contribution >= 4 is 23.4 Å². The van der Waals surface area contributed by atoms with E-state index < -0.39 is 0 Å². The van der Waals surface area contributed by atoms with Crippen molar-refractivity contribution in [2.45, 2.75) is 44.1 Å². The van der Waals surface area contributed by atoms with Gasteiger partial charge in [-0.3, -0.25) is 4.98 Å². The first-order valence-electron chi connectivity index (χ1n) is 11.2. The van der Waals surface area contributed by atoms with Gasteiger partial charge in [-0.05, 0) is 36.6 Å². The number of aliphatic hydroxyl groups excluding tert-OH is 1. The highest BCUT2D eigenvalue weighted by Crippen LogP contribution is 2.43. The molecule has 0 radical (unpaired) electrons. The Balaban J connectivity index is 1.56. The van der Waals surface area contributed by atoms with Crippen molar-refractivity contribution in [3.05, 3.63) is 93.3 Å². The maximum Gasteiger partial charge on any atom is 0.227 e. The second-order valence-electron chi connectivity index (χ2n) is 8.22. The van der Waals surface area contributed by atoms with E-state index in [0.717, 1.165) is 45.1 Å². The fourth-order valence-corrected chi connectivity index (χ4v) is 5.16. The number of thioether (sulfide) groups is 1. The topological polar surface area (TPSA) is 68.1 Å². The largest absolute Gasteiger partial charge is 0.436 e. The Hall–Kier alpha value is -2.93. The zero-order valence-electron chi connectivity index (χ0n) is 19.0. The van der Waals surface area contributed by atoms with Crippen molar-refractivity contribution in [2.24, 2.45) is 0 Å². The molecule has 0 atom stereocenters. The summed E-state index contributed by atoms with van der Waals surface area (Å²) in [6.07, 6.45) is 3.32. The molecule has 0 saturated heterocycles. The van der Waals surface area contributed by atoms with E-state index in [2.05, 4.69) is 36.2 Å². The number of ether oxygens (including phenoxy) is 1. The summed E-state index contributed by atoms with van der Waals surface area (Å²) in [5.41, 5.74) is 6.78. The quantitative estimate of drug-likeness (QED) is 0.215. The van der Waals surface area contributed by atoms with Crippen LogP contribution in [0.15, 0.2) is 59.8 Å². The minimum Gasteiger partial charge on any atom is -0.436 e. The molecule has 0 fully saturated rings. The Bertz CT molecular complexity index is 1360. The normalized spacial score (nSPS) is 12.1. The summed E-state index contributed by atoms with van der Waals surface area (Å²) in [6, 6.07) is 16.2. The predicted molar refractivity (Wildman–Crippen MR) is 136 cm³/mol. The monoisotopic (exact) mass is 489 g/mol. The summed E-state index contributed by atoms with van der Waals surface area (Å²) < 4.78 is 6.30.